The number of aryl methyl sites for hydroxylation is 1. The van der Waals surface area contributed by atoms with Gasteiger partial charge in [0.15, 0.2) is 10.6 Å². The van der Waals surface area contributed by atoms with E-state index < -0.39 is 0 Å². The molecule has 2 aromatic rings. The molecule has 0 aliphatic heterocycles. The van der Waals surface area contributed by atoms with Crippen LogP contribution in [0.2, 0.25) is 0 Å². The van der Waals surface area contributed by atoms with Crippen LogP contribution in [0, 0.1) is 4.77 Å². The molecule has 0 saturated carbocycles. The number of rotatable bonds is 5. The molecule has 0 spiro atoms. The molecule has 0 unspecified atom stereocenters. The van der Waals surface area contributed by atoms with Crippen LogP contribution in [0.15, 0.2) is 24.3 Å². The summed E-state index contributed by atoms with van der Waals surface area (Å²) in [6, 6.07) is 7.85. The van der Waals surface area contributed by atoms with Gasteiger partial charge in [-0.15, -0.1) is 0 Å². The number of aliphatic hydroxyl groups excluding tert-OH is 1. The molecular weight excluding hydrogens is 250 g/mol. The van der Waals surface area contributed by atoms with Crippen LogP contribution in [0.5, 0.6) is 5.75 Å². The SMILES string of the molecule is COc1ccccc1CCn1c(CO)n[nH]c1=S. The third kappa shape index (κ3) is 2.60. The molecule has 1 aromatic heterocycles. The van der Waals surface area contributed by atoms with Crippen molar-refractivity contribution in [3.05, 3.63) is 40.4 Å². The third-order valence-corrected chi connectivity index (χ3v) is 3.09. The van der Waals surface area contributed by atoms with Gasteiger partial charge in [0.1, 0.15) is 12.4 Å². The predicted molar refractivity (Wildman–Crippen MR) is 70.0 cm³/mol. The van der Waals surface area contributed by atoms with Crippen LogP contribution in [-0.2, 0) is 19.6 Å². The standard InChI is InChI=1S/C12H15N3O2S/c1-17-10-5-3-2-4-9(10)6-7-15-11(8-16)13-14-12(15)18/h2-5,16H,6-8H2,1H3,(H,14,18). The van der Waals surface area contributed by atoms with Crippen LogP contribution in [-0.4, -0.2) is 27.0 Å². The molecule has 1 aromatic carbocycles. The summed E-state index contributed by atoms with van der Waals surface area (Å²) in [6.07, 6.45) is 0.769. The van der Waals surface area contributed by atoms with Crippen molar-refractivity contribution >= 4 is 12.2 Å². The van der Waals surface area contributed by atoms with Crippen molar-refractivity contribution in [2.45, 2.75) is 19.6 Å². The molecule has 0 saturated heterocycles. The Morgan fingerprint density at radius 2 is 2.22 bits per heavy atom. The van der Waals surface area contributed by atoms with E-state index in [0.717, 1.165) is 17.7 Å². The first-order valence-electron chi connectivity index (χ1n) is 5.63. The highest BCUT2D eigenvalue weighted by Crippen LogP contribution is 2.18. The molecule has 1 heterocycles. The largest absolute Gasteiger partial charge is 0.496 e. The van der Waals surface area contributed by atoms with Gasteiger partial charge in [0, 0.05) is 6.54 Å². The van der Waals surface area contributed by atoms with Crippen LogP contribution < -0.4 is 4.74 Å². The molecule has 6 heteroatoms. The summed E-state index contributed by atoms with van der Waals surface area (Å²) >= 11 is 5.12. The van der Waals surface area contributed by atoms with Gasteiger partial charge in [0.05, 0.1) is 7.11 Å². The molecule has 5 nitrogen and oxygen atoms in total. The Kier molecular flexibility index (Phi) is 4.11. The van der Waals surface area contributed by atoms with Crippen molar-refractivity contribution < 1.29 is 9.84 Å². The molecule has 0 radical (unpaired) electrons. The molecule has 2 rings (SSSR count). The van der Waals surface area contributed by atoms with Crippen LogP contribution >= 0.6 is 12.2 Å². The Labute approximate surface area is 110 Å². The average Bonchev–Trinajstić information content (AvgIpc) is 2.77. The summed E-state index contributed by atoms with van der Waals surface area (Å²) in [5, 5.41) is 15.8. The maximum Gasteiger partial charge on any atom is 0.195 e. The normalized spacial score (nSPS) is 10.6. The summed E-state index contributed by atoms with van der Waals surface area (Å²) in [4.78, 5) is 0. The highest BCUT2D eigenvalue weighted by molar-refractivity contribution is 7.71. The average molecular weight is 265 g/mol. The number of methoxy groups -OCH3 is 1. The lowest BCUT2D eigenvalue weighted by atomic mass is 10.1. The molecule has 0 aliphatic rings. The summed E-state index contributed by atoms with van der Waals surface area (Å²) < 4.78 is 7.61. The van der Waals surface area contributed by atoms with Gasteiger partial charge in [-0.05, 0) is 30.3 Å². The van der Waals surface area contributed by atoms with Gasteiger partial charge in [-0.1, -0.05) is 18.2 Å². The topological polar surface area (TPSA) is 63.1 Å². The van der Waals surface area contributed by atoms with E-state index in [2.05, 4.69) is 10.2 Å². The van der Waals surface area contributed by atoms with Crippen molar-refractivity contribution in [3.63, 3.8) is 0 Å². The fourth-order valence-corrected chi connectivity index (χ4v) is 2.09. The Morgan fingerprint density at radius 3 is 2.94 bits per heavy atom. The van der Waals surface area contributed by atoms with E-state index in [9.17, 15) is 0 Å². The zero-order chi connectivity index (χ0) is 13.0. The van der Waals surface area contributed by atoms with Gasteiger partial charge in [-0.25, -0.2) is 0 Å². The van der Waals surface area contributed by atoms with E-state index >= 15 is 0 Å². The number of aromatic nitrogens is 3. The summed E-state index contributed by atoms with van der Waals surface area (Å²) in [5.41, 5.74) is 1.10. The fraction of sp³-hybridized carbons (Fsp3) is 0.333. The first-order chi connectivity index (χ1) is 8.76. The minimum absolute atomic E-state index is 0.126. The summed E-state index contributed by atoms with van der Waals surface area (Å²) in [5.74, 6) is 1.41. The monoisotopic (exact) mass is 265 g/mol. The first-order valence-corrected chi connectivity index (χ1v) is 6.04. The number of nitrogens with one attached hydrogen (secondary N) is 1. The van der Waals surface area contributed by atoms with Crippen LogP contribution in [0.25, 0.3) is 0 Å². The van der Waals surface area contributed by atoms with Gasteiger partial charge in [0.25, 0.3) is 0 Å². The summed E-state index contributed by atoms with van der Waals surface area (Å²) in [6.45, 7) is 0.532. The molecule has 18 heavy (non-hydrogen) atoms. The second-order valence-electron chi connectivity index (χ2n) is 3.82. The van der Waals surface area contributed by atoms with Crippen LogP contribution in [0.3, 0.4) is 0 Å². The number of hydrogen-bond acceptors (Lipinski definition) is 4. The maximum atomic E-state index is 9.16. The van der Waals surface area contributed by atoms with Crippen molar-refractivity contribution in [2.24, 2.45) is 0 Å². The smallest absolute Gasteiger partial charge is 0.195 e. The lowest BCUT2D eigenvalue weighted by molar-refractivity contribution is 0.264. The lowest BCUT2D eigenvalue weighted by Crippen LogP contribution is -2.07. The third-order valence-electron chi connectivity index (χ3n) is 2.78. The van der Waals surface area contributed by atoms with Gasteiger partial charge < -0.3 is 14.4 Å². The van der Waals surface area contributed by atoms with Gasteiger partial charge in [-0.2, -0.15) is 5.10 Å². The van der Waals surface area contributed by atoms with E-state index in [1.165, 1.54) is 0 Å². The quantitative estimate of drug-likeness (QED) is 0.807. The Morgan fingerprint density at radius 1 is 1.44 bits per heavy atom. The van der Waals surface area contributed by atoms with E-state index in [1.807, 2.05) is 24.3 Å². The molecule has 0 fully saturated rings. The van der Waals surface area contributed by atoms with Crippen LogP contribution in [0.4, 0.5) is 0 Å². The number of para-hydroxylation sites is 1. The van der Waals surface area contributed by atoms with Gasteiger partial charge in [0.2, 0.25) is 0 Å². The zero-order valence-electron chi connectivity index (χ0n) is 10.1. The van der Waals surface area contributed by atoms with E-state index in [4.69, 9.17) is 22.1 Å². The molecule has 0 atom stereocenters. The number of ether oxygens (including phenoxy) is 1. The van der Waals surface area contributed by atoms with Crippen molar-refractivity contribution in [2.75, 3.05) is 7.11 Å². The number of benzene rings is 1. The van der Waals surface area contributed by atoms with E-state index in [0.29, 0.717) is 17.1 Å². The maximum absolute atomic E-state index is 9.16. The van der Waals surface area contributed by atoms with Crippen molar-refractivity contribution in [1.29, 1.82) is 0 Å². The lowest BCUT2D eigenvalue weighted by Gasteiger charge is -2.09. The summed E-state index contributed by atoms with van der Waals surface area (Å²) in [7, 11) is 1.65. The highest BCUT2D eigenvalue weighted by Gasteiger charge is 2.07. The minimum atomic E-state index is -0.126. The van der Waals surface area contributed by atoms with Crippen molar-refractivity contribution in [1.82, 2.24) is 14.8 Å². The number of aromatic amines is 1. The molecule has 0 bridgehead atoms. The van der Waals surface area contributed by atoms with Gasteiger partial charge >= 0.3 is 0 Å². The van der Waals surface area contributed by atoms with E-state index in [-0.39, 0.29) is 6.61 Å². The van der Waals surface area contributed by atoms with Crippen LogP contribution in [0.1, 0.15) is 11.4 Å². The Bertz CT molecular complexity index is 577. The highest BCUT2D eigenvalue weighted by atomic mass is 32.1. The Hall–Kier alpha value is -1.66. The molecule has 2 N–H and O–H groups in total. The predicted octanol–water partition coefficient (Wildman–Crippen LogP) is 1.68. The zero-order valence-corrected chi connectivity index (χ0v) is 10.9. The number of nitrogens with zero attached hydrogens (tertiary/aromatic N) is 2. The van der Waals surface area contributed by atoms with E-state index in [1.54, 1.807) is 11.7 Å². The minimum Gasteiger partial charge on any atom is -0.496 e. The molecule has 96 valence electrons. The molecule has 0 aliphatic carbocycles. The second-order valence-corrected chi connectivity index (χ2v) is 4.20. The molecule has 0 amide bonds. The first kappa shape index (κ1) is 12.8. The number of aliphatic hydroxyl groups is 1. The Balaban J connectivity index is 2.16. The second kappa shape index (κ2) is 5.79. The number of hydrogen-bond donors (Lipinski definition) is 2. The van der Waals surface area contributed by atoms with Crippen molar-refractivity contribution in [3.8, 4) is 5.75 Å². The van der Waals surface area contributed by atoms with Gasteiger partial charge in [-0.3, -0.25) is 5.10 Å². The number of H-pyrrole nitrogens is 1. The molecular formula is C12H15N3O2S. The fourth-order valence-electron chi connectivity index (χ4n) is 1.84.